The Morgan fingerprint density at radius 2 is 1.66 bits per heavy atom. The topological polar surface area (TPSA) is 119 Å². The fourth-order valence-corrected chi connectivity index (χ4v) is 5.48. The van der Waals surface area contributed by atoms with Gasteiger partial charge in [0, 0.05) is 38.2 Å². The summed E-state index contributed by atoms with van der Waals surface area (Å²) in [5.41, 5.74) is 5.77. The molecule has 5 rings (SSSR count). The first-order valence-corrected chi connectivity index (χ1v) is 15.2. The summed E-state index contributed by atoms with van der Waals surface area (Å²) in [6.45, 7) is 6.14. The molecule has 2 fully saturated rings. The molecule has 3 atom stereocenters. The van der Waals surface area contributed by atoms with Gasteiger partial charge in [-0.1, -0.05) is 72.8 Å². The summed E-state index contributed by atoms with van der Waals surface area (Å²) in [6.07, 6.45) is 0.0363. The Bertz CT molecular complexity index is 1360. The third kappa shape index (κ3) is 8.64. The van der Waals surface area contributed by atoms with Crippen molar-refractivity contribution in [3.63, 3.8) is 0 Å². The molecule has 0 saturated carbocycles. The number of esters is 1. The third-order valence-electron chi connectivity index (χ3n) is 7.83. The Kier molecular flexibility index (Phi) is 11.3. The van der Waals surface area contributed by atoms with Crippen LogP contribution in [0.3, 0.4) is 0 Å². The molecule has 2 amide bonds. The quantitative estimate of drug-likeness (QED) is 0.281. The Morgan fingerprint density at radius 3 is 2.39 bits per heavy atom. The molecule has 2 heterocycles. The number of benzene rings is 3. The van der Waals surface area contributed by atoms with Crippen LogP contribution in [0.25, 0.3) is 11.1 Å². The molecule has 44 heavy (non-hydrogen) atoms. The molecule has 10 nitrogen and oxygen atoms in total. The molecule has 2 aliphatic heterocycles. The molecule has 2 aliphatic rings. The van der Waals surface area contributed by atoms with Gasteiger partial charge < -0.3 is 34.7 Å². The predicted octanol–water partition coefficient (Wildman–Crippen LogP) is 4.09. The number of nitrogens with zero attached hydrogens (tertiary/aromatic N) is 1. The second-order valence-corrected chi connectivity index (χ2v) is 10.9. The molecule has 3 unspecified atom stereocenters. The van der Waals surface area contributed by atoms with Crippen LogP contribution in [0.1, 0.15) is 48.0 Å². The number of urea groups is 1. The Labute approximate surface area is 258 Å². The summed E-state index contributed by atoms with van der Waals surface area (Å²) in [4.78, 5) is 26.1. The summed E-state index contributed by atoms with van der Waals surface area (Å²) >= 11 is 0. The fraction of sp³-hybridized carbons (Fsp3) is 0.412. The lowest BCUT2D eigenvalue weighted by Gasteiger charge is -2.39. The molecule has 0 radical (unpaired) electrons. The zero-order chi connectivity index (χ0) is 30.7. The molecule has 0 bridgehead atoms. The highest BCUT2D eigenvalue weighted by molar-refractivity contribution is 5.81. The van der Waals surface area contributed by atoms with E-state index in [9.17, 15) is 14.7 Å². The van der Waals surface area contributed by atoms with Crippen LogP contribution in [0.5, 0.6) is 0 Å². The average molecular weight is 604 g/mol. The van der Waals surface area contributed by atoms with E-state index >= 15 is 0 Å². The molecule has 2 saturated heterocycles. The van der Waals surface area contributed by atoms with Crippen LogP contribution in [-0.4, -0.2) is 74.1 Å². The number of aliphatic hydroxyl groups excluding tert-OH is 1. The minimum Gasteiger partial charge on any atom is -0.465 e. The summed E-state index contributed by atoms with van der Waals surface area (Å²) in [5, 5.41) is 14.8. The minimum atomic E-state index is -0.536. The molecule has 3 aromatic rings. The number of nitrogens with one attached hydrogen (secondary N) is 2. The third-order valence-corrected chi connectivity index (χ3v) is 7.83. The number of carbonyl (C=O) groups is 2. The van der Waals surface area contributed by atoms with Crippen LogP contribution in [0.2, 0.25) is 0 Å². The Hall–Kier alpha value is -3.80. The van der Waals surface area contributed by atoms with Gasteiger partial charge in [0.15, 0.2) is 6.29 Å². The zero-order valence-electron chi connectivity index (χ0n) is 25.1. The molecule has 10 heteroatoms. The van der Waals surface area contributed by atoms with E-state index in [2.05, 4.69) is 15.5 Å². The predicted molar refractivity (Wildman–Crippen MR) is 164 cm³/mol. The smallest absolute Gasteiger partial charge is 0.325 e. The van der Waals surface area contributed by atoms with Gasteiger partial charge in [0.25, 0.3) is 0 Å². The first-order chi connectivity index (χ1) is 21.5. The average Bonchev–Trinajstić information content (AvgIpc) is 3.07. The molecular formula is C34H41N3O7. The van der Waals surface area contributed by atoms with Gasteiger partial charge in [-0.05, 0) is 34.7 Å². The highest BCUT2D eigenvalue weighted by Gasteiger charge is 2.33. The van der Waals surface area contributed by atoms with Gasteiger partial charge in [0.2, 0.25) is 0 Å². The second-order valence-electron chi connectivity index (χ2n) is 10.9. The van der Waals surface area contributed by atoms with E-state index in [1.165, 1.54) is 0 Å². The van der Waals surface area contributed by atoms with Crippen molar-refractivity contribution in [3.8, 4) is 11.1 Å². The summed E-state index contributed by atoms with van der Waals surface area (Å²) in [5.74, 6) is -0.479. The molecule has 3 N–H and O–H groups in total. The van der Waals surface area contributed by atoms with Gasteiger partial charge in [-0.2, -0.15) is 0 Å². The van der Waals surface area contributed by atoms with Crippen molar-refractivity contribution in [2.24, 2.45) is 0 Å². The van der Waals surface area contributed by atoms with E-state index in [1.807, 2.05) is 72.8 Å². The highest BCUT2D eigenvalue weighted by atomic mass is 16.7. The van der Waals surface area contributed by atoms with E-state index < -0.39 is 18.3 Å². The SMILES string of the molecule is CCOC(=O)CNC(=O)NCc1ccccc1-c1ccc(C2OC(CN3CCOCC3)CC(c3ccc(CO)cc3)O2)cc1. The molecule has 0 aliphatic carbocycles. The minimum absolute atomic E-state index is 0.00537. The van der Waals surface area contributed by atoms with Gasteiger partial charge in [-0.25, -0.2) is 4.79 Å². The Balaban J connectivity index is 1.28. The first-order valence-electron chi connectivity index (χ1n) is 15.2. The van der Waals surface area contributed by atoms with E-state index in [1.54, 1.807) is 6.92 Å². The normalized spacial score (nSPS) is 20.5. The van der Waals surface area contributed by atoms with Crippen LogP contribution < -0.4 is 10.6 Å². The van der Waals surface area contributed by atoms with E-state index in [0.717, 1.165) is 72.6 Å². The molecule has 0 spiro atoms. The van der Waals surface area contributed by atoms with E-state index in [-0.39, 0.29) is 32.0 Å². The first kappa shape index (κ1) is 31.6. The van der Waals surface area contributed by atoms with Gasteiger partial charge in [0.1, 0.15) is 6.54 Å². The number of rotatable bonds is 11. The molecule has 234 valence electrons. The molecule has 0 aromatic heterocycles. The van der Waals surface area contributed by atoms with E-state index in [4.69, 9.17) is 18.9 Å². The number of hydrogen-bond donors (Lipinski definition) is 3. The maximum absolute atomic E-state index is 12.2. The van der Waals surface area contributed by atoms with Gasteiger partial charge in [-0.15, -0.1) is 0 Å². The van der Waals surface area contributed by atoms with Crippen LogP contribution in [-0.2, 0) is 36.9 Å². The van der Waals surface area contributed by atoms with Gasteiger partial charge >= 0.3 is 12.0 Å². The number of ether oxygens (including phenoxy) is 4. The number of hydrogen-bond acceptors (Lipinski definition) is 8. The number of morpholine rings is 1. The van der Waals surface area contributed by atoms with Crippen molar-refractivity contribution in [2.45, 2.75) is 45.0 Å². The van der Waals surface area contributed by atoms with Gasteiger partial charge in [-0.3, -0.25) is 9.69 Å². The standard InChI is InChI=1S/C34H41N3O7/c1-2-42-32(39)21-36-34(40)35-20-28-5-3-4-6-30(28)25-11-13-27(14-12-25)33-43-29(22-37-15-17-41-18-16-37)19-31(44-33)26-9-7-24(23-38)8-10-26/h3-14,29,31,33,38H,2,15-23H2,1H3,(H2,35,36,40). The highest BCUT2D eigenvalue weighted by Crippen LogP contribution is 2.39. The molecule has 3 aromatic carbocycles. The zero-order valence-corrected chi connectivity index (χ0v) is 25.1. The van der Waals surface area contributed by atoms with Crippen LogP contribution in [0, 0.1) is 0 Å². The van der Waals surface area contributed by atoms with Crippen LogP contribution in [0.4, 0.5) is 4.79 Å². The summed E-state index contributed by atoms with van der Waals surface area (Å²) in [7, 11) is 0. The fourth-order valence-electron chi connectivity index (χ4n) is 5.48. The summed E-state index contributed by atoms with van der Waals surface area (Å²) in [6, 6.07) is 23.5. The summed E-state index contributed by atoms with van der Waals surface area (Å²) < 4.78 is 23.4. The van der Waals surface area contributed by atoms with Crippen molar-refractivity contribution in [1.82, 2.24) is 15.5 Å². The Morgan fingerprint density at radius 1 is 0.932 bits per heavy atom. The van der Waals surface area contributed by atoms with Crippen molar-refractivity contribution in [2.75, 3.05) is 46.0 Å². The lowest BCUT2D eigenvalue weighted by atomic mass is 9.97. The van der Waals surface area contributed by atoms with Crippen molar-refractivity contribution < 1.29 is 33.6 Å². The lowest BCUT2D eigenvalue weighted by Crippen LogP contribution is -2.44. The van der Waals surface area contributed by atoms with Crippen LogP contribution >= 0.6 is 0 Å². The number of aliphatic hydroxyl groups is 1. The number of carbonyl (C=O) groups excluding carboxylic acids is 2. The van der Waals surface area contributed by atoms with Gasteiger partial charge in [0.05, 0.1) is 38.6 Å². The second kappa shape index (κ2) is 15.8. The molecular weight excluding hydrogens is 562 g/mol. The lowest BCUT2D eigenvalue weighted by molar-refractivity contribution is -0.253. The van der Waals surface area contributed by atoms with Crippen LogP contribution in [0.15, 0.2) is 72.8 Å². The maximum Gasteiger partial charge on any atom is 0.325 e. The largest absolute Gasteiger partial charge is 0.465 e. The van der Waals surface area contributed by atoms with Crippen molar-refractivity contribution >= 4 is 12.0 Å². The maximum atomic E-state index is 12.2. The van der Waals surface area contributed by atoms with Crippen molar-refractivity contribution in [3.05, 3.63) is 95.1 Å². The number of amides is 2. The monoisotopic (exact) mass is 603 g/mol. The van der Waals surface area contributed by atoms with E-state index in [0.29, 0.717) is 6.54 Å². The van der Waals surface area contributed by atoms with Crippen molar-refractivity contribution in [1.29, 1.82) is 0 Å².